The minimum Gasteiger partial charge on any atom is -0.339 e. The van der Waals surface area contributed by atoms with Gasteiger partial charge in [-0.2, -0.15) is 0 Å². The molecule has 1 atom stereocenters. The number of piperazine rings is 1. The third-order valence-electron chi connectivity index (χ3n) is 3.92. The molecule has 0 aliphatic carbocycles. The quantitative estimate of drug-likeness (QED) is 0.696. The van der Waals surface area contributed by atoms with Gasteiger partial charge in [-0.1, -0.05) is 0 Å². The molecule has 0 radical (unpaired) electrons. The van der Waals surface area contributed by atoms with E-state index < -0.39 is 0 Å². The average Bonchev–Trinajstić information content (AvgIpc) is 2.55. The van der Waals surface area contributed by atoms with Crippen molar-refractivity contribution in [3.05, 3.63) is 0 Å². The van der Waals surface area contributed by atoms with Crippen LogP contribution in [0.4, 0.5) is 0 Å². The molecule has 6 nitrogen and oxygen atoms in total. The molecule has 2 saturated heterocycles. The Morgan fingerprint density at radius 1 is 1.26 bits per heavy atom. The monoisotopic (exact) mass is 268 g/mol. The molecule has 0 aromatic rings. The van der Waals surface area contributed by atoms with Gasteiger partial charge in [-0.15, -0.1) is 0 Å². The highest BCUT2D eigenvalue weighted by molar-refractivity contribution is 5.87. The SMILES string of the molecule is CC1NCCCN(CC(=O)N2CCN(C)CC2)C1=O. The van der Waals surface area contributed by atoms with Crippen LogP contribution in [0.3, 0.4) is 0 Å². The molecule has 2 heterocycles. The smallest absolute Gasteiger partial charge is 0.242 e. The van der Waals surface area contributed by atoms with Crippen LogP contribution in [0.15, 0.2) is 0 Å². The molecule has 2 aliphatic heterocycles. The number of carbonyl (C=O) groups is 2. The maximum atomic E-state index is 12.2. The Morgan fingerprint density at radius 2 is 1.95 bits per heavy atom. The summed E-state index contributed by atoms with van der Waals surface area (Å²) in [5, 5.41) is 3.16. The summed E-state index contributed by atoms with van der Waals surface area (Å²) < 4.78 is 0. The average molecular weight is 268 g/mol. The Kier molecular flexibility index (Phi) is 4.76. The third kappa shape index (κ3) is 3.67. The van der Waals surface area contributed by atoms with Crippen molar-refractivity contribution >= 4 is 11.8 Å². The highest BCUT2D eigenvalue weighted by atomic mass is 16.2. The first kappa shape index (κ1) is 14.3. The molecule has 1 N–H and O–H groups in total. The Bertz CT molecular complexity index is 340. The van der Waals surface area contributed by atoms with Crippen LogP contribution in [-0.4, -0.2) is 85.4 Å². The minimum absolute atomic E-state index is 0.0416. The second-order valence-corrected chi connectivity index (χ2v) is 5.47. The summed E-state index contributed by atoms with van der Waals surface area (Å²) in [5.74, 6) is 0.121. The Morgan fingerprint density at radius 3 is 2.63 bits per heavy atom. The van der Waals surface area contributed by atoms with Gasteiger partial charge in [0, 0.05) is 32.7 Å². The molecule has 108 valence electrons. The van der Waals surface area contributed by atoms with Crippen LogP contribution in [0.25, 0.3) is 0 Å². The summed E-state index contributed by atoms with van der Waals surface area (Å²) >= 11 is 0. The van der Waals surface area contributed by atoms with Crippen molar-refractivity contribution in [1.29, 1.82) is 0 Å². The second kappa shape index (κ2) is 6.34. The zero-order chi connectivity index (χ0) is 13.8. The summed E-state index contributed by atoms with van der Waals surface area (Å²) in [7, 11) is 2.06. The fourth-order valence-electron chi connectivity index (χ4n) is 2.54. The van der Waals surface area contributed by atoms with Gasteiger partial charge in [0.05, 0.1) is 12.6 Å². The molecule has 0 aromatic heterocycles. The lowest BCUT2D eigenvalue weighted by Gasteiger charge is -2.34. The Balaban J connectivity index is 1.88. The molecule has 0 aromatic carbocycles. The molecule has 0 bridgehead atoms. The van der Waals surface area contributed by atoms with Gasteiger partial charge in [0.1, 0.15) is 0 Å². The molecule has 1 unspecified atom stereocenters. The van der Waals surface area contributed by atoms with Crippen molar-refractivity contribution in [2.75, 3.05) is 52.9 Å². The van der Waals surface area contributed by atoms with Gasteiger partial charge in [0.2, 0.25) is 11.8 Å². The second-order valence-electron chi connectivity index (χ2n) is 5.47. The van der Waals surface area contributed by atoms with E-state index in [4.69, 9.17) is 0 Å². The van der Waals surface area contributed by atoms with E-state index in [1.54, 1.807) is 4.90 Å². The topological polar surface area (TPSA) is 55.9 Å². The van der Waals surface area contributed by atoms with Gasteiger partial charge in [-0.3, -0.25) is 9.59 Å². The molecule has 2 aliphatic rings. The molecular weight excluding hydrogens is 244 g/mol. The Labute approximate surface area is 114 Å². The van der Waals surface area contributed by atoms with Gasteiger partial charge in [0.15, 0.2) is 0 Å². The molecular formula is C13H24N4O2. The van der Waals surface area contributed by atoms with Crippen LogP contribution in [0.1, 0.15) is 13.3 Å². The number of hydrogen-bond acceptors (Lipinski definition) is 4. The van der Waals surface area contributed by atoms with Gasteiger partial charge in [-0.05, 0) is 26.9 Å². The van der Waals surface area contributed by atoms with Crippen molar-refractivity contribution in [1.82, 2.24) is 20.0 Å². The number of nitrogens with zero attached hydrogens (tertiary/aromatic N) is 3. The van der Waals surface area contributed by atoms with E-state index in [1.165, 1.54) is 0 Å². The molecule has 0 spiro atoms. The van der Waals surface area contributed by atoms with Crippen molar-refractivity contribution in [2.45, 2.75) is 19.4 Å². The Hall–Kier alpha value is -1.14. The summed E-state index contributed by atoms with van der Waals surface area (Å²) in [5.41, 5.74) is 0. The molecule has 2 fully saturated rings. The van der Waals surface area contributed by atoms with Gasteiger partial charge in [0.25, 0.3) is 0 Å². The number of carbonyl (C=O) groups excluding carboxylic acids is 2. The third-order valence-corrected chi connectivity index (χ3v) is 3.92. The minimum atomic E-state index is -0.178. The number of hydrogen-bond donors (Lipinski definition) is 1. The lowest BCUT2D eigenvalue weighted by molar-refractivity contribution is -0.141. The van der Waals surface area contributed by atoms with E-state index >= 15 is 0 Å². The van der Waals surface area contributed by atoms with E-state index in [2.05, 4.69) is 17.3 Å². The molecule has 19 heavy (non-hydrogen) atoms. The van der Waals surface area contributed by atoms with E-state index in [0.717, 1.165) is 39.1 Å². The summed E-state index contributed by atoms with van der Waals surface area (Å²) in [6.07, 6.45) is 0.909. The maximum absolute atomic E-state index is 12.2. The normalized spacial score (nSPS) is 26.4. The van der Waals surface area contributed by atoms with Crippen molar-refractivity contribution < 1.29 is 9.59 Å². The van der Waals surface area contributed by atoms with E-state index in [-0.39, 0.29) is 24.4 Å². The molecule has 2 rings (SSSR count). The number of nitrogens with one attached hydrogen (secondary N) is 1. The summed E-state index contributed by atoms with van der Waals surface area (Å²) in [6, 6.07) is -0.178. The van der Waals surface area contributed by atoms with Crippen LogP contribution in [0, 0.1) is 0 Å². The lowest BCUT2D eigenvalue weighted by Crippen LogP contribution is -2.52. The largest absolute Gasteiger partial charge is 0.339 e. The number of amides is 2. The fourth-order valence-corrected chi connectivity index (χ4v) is 2.54. The maximum Gasteiger partial charge on any atom is 0.242 e. The first-order valence-electron chi connectivity index (χ1n) is 7.06. The zero-order valence-electron chi connectivity index (χ0n) is 11.9. The van der Waals surface area contributed by atoms with Crippen LogP contribution in [0.2, 0.25) is 0 Å². The van der Waals surface area contributed by atoms with Gasteiger partial charge in [-0.25, -0.2) is 0 Å². The van der Waals surface area contributed by atoms with E-state index in [0.29, 0.717) is 6.54 Å². The molecule has 2 amide bonds. The van der Waals surface area contributed by atoms with E-state index in [9.17, 15) is 9.59 Å². The van der Waals surface area contributed by atoms with Crippen molar-refractivity contribution in [2.24, 2.45) is 0 Å². The molecule has 0 saturated carbocycles. The molecule has 6 heteroatoms. The number of likely N-dealkylation sites (N-methyl/N-ethyl adjacent to an activating group) is 1. The highest BCUT2D eigenvalue weighted by Crippen LogP contribution is 2.05. The number of rotatable bonds is 2. The summed E-state index contributed by atoms with van der Waals surface area (Å²) in [4.78, 5) is 30.1. The lowest BCUT2D eigenvalue weighted by atomic mass is 10.2. The standard InChI is InChI=1S/C13H24N4O2/c1-11-13(19)17(5-3-4-14-11)10-12(18)16-8-6-15(2)7-9-16/h11,14H,3-10H2,1-2H3. The van der Waals surface area contributed by atoms with E-state index in [1.807, 2.05) is 11.8 Å². The van der Waals surface area contributed by atoms with Crippen LogP contribution in [-0.2, 0) is 9.59 Å². The van der Waals surface area contributed by atoms with Crippen molar-refractivity contribution in [3.8, 4) is 0 Å². The summed E-state index contributed by atoms with van der Waals surface area (Å²) in [6.45, 7) is 6.98. The van der Waals surface area contributed by atoms with Crippen LogP contribution >= 0.6 is 0 Å². The van der Waals surface area contributed by atoms with Crippen molar-refractivity contribution in [3.63, 3.8) is 0 Å². The van der Waals surface area contributed by atoms with Crippen LogP contribution < -0.4 is 5.32 Å². The first-order chi connectivity index (χ1) is 9.08. The fraction of sp³-hybridized carbons (Fsp3) is 0.846. The predicted molar refractivity (Wildman–Crippen MR) is 72.7 cm³/mol. The predicted octanol–water partition coefficient (Wildman–Crippen LogP) is -1.03. The van der Waals surface area contributed by atoms with Gasteiger partial charge < -0.3 is 20.0 Å². The van der Waals surface area contributed by atoms with Gasteiger partial charge >= 0.3 is 0 Å². The van der Waals surface area contributed by atoms with Crippen LogP contribution in [0.5, 0.6) is 0 Å². The first-order valence-corrected chi connectivity index (χ1v) is 7.06. The highest BCUT2D eigenvalue weighted by Gasteiger charge is 2.27. The zero-order valence-corrected chi connectivity index (χ0v) is 11.9.